The van der Waals surface area contributed by atoms with Gasteiger partial charge in [0, 0.05) is 0 Å². The van der Waals surface area contributed by atoms with E-state index in [0.29, 0.717) is 10.8 Å². The van der Waals surface area contributed by atoms with Crippen LogP contribution in [0.1, 0.15) is 53.4 Å². The minimum atomic E-state index is 0.602. The summed E-state index contributed by atoms with van der Waals surface area (Å²) in [6.45, 7) is 9.93. The maximum atomic E-state index is 2.55. The maximum absolute atomic E-state index is 2.55. The van der Waals surface area contributed by atoms with Crippen LogP contribution in [0.4, 0.5) is 0 Å². The van der Waals surface area contributed by atoms with E-state index in [9.17, 15) is 0 Å². The van der Waals surface area contributed by atoms with Crippen molar-refractivity contribution in [1.29, 1.82) is 0 Å². The molecule has 0 aliphatic heterocycles. The lowest BCUT2D eigenvalue weighted by molar-refractivity contribution is 0.114. The maximum Gasteiger partial charge on any atom is -0.0136 e. The highest BCUT2D eigenvalue weighted by molar-refractivity contribution is 5.27. The zero-order chi connectivity index (χ0) is 10.8. The van der Waals surface area contributed by atoms with Crippen LogP contribution in [0.5, 0.6) is 0 Å². The molecule has 0 heteroatoms. The van der Waals surface area contributed by atoms with Crippen LogP contribution in [0.2, 0.25) is 0 Å². The van der Waals surface area contributed by atoms with Gasteiger partial charge in [0.2, 0.25) is 0 Å². The molecule has 3 aliphatic carbocycles. The second kappa shape index (κ2) is 2.70. The van der Waals surface area contributed by atoms with E-state index in [1.54, 1.807) is 5.57 Å². The van der Waals surface area contributed by atoms with E-state index in [2.05, 4.69) is 33.8 Å². The van der Waals surface area contributed by atoms with Gasteiger partial charge >= 0.3 is 0 Å². The van der Waals surface area contributed by atoms with E-state index in [1.807, 2.05) is 0 Å². The van der Waals surface area contributed by atoms with Crippen LogP contribution in [0, 0.1) is 28.6 Å². The number of hydrogen-bond acceptors (Lipinski definition) is 0. The summed E-state index contributed by atoms with van der Waals surface area (Å²) >= 11 is 0. The summed E-state index contributed by atoms with van der Waals surface area (Å²) in [5, 5.41) is 0. The van der Waals surface area contributed by atoms with Crippen molar-refractivity contribution in [3.8, 4) is 0 Å². The molecule has 0 aromatic rings. The molecular weight excluding hydrogens is 180 g/mol. The summed E-state index contributed by atoms with van der Waals surface area (Å²) in [5.41, 5.74) is 3.00. The lowest BCUT2D eigenvalue weighted by atomic mass is 9.66. The average molecular weight is 204 g/mol. The fourth-order valence-corrected chi connectivity index (χ4v) is 5.41. The first kappa shape index (κ1) is 9.93. The van der Waals surface area contributed by atoms with E-state index in [1.165, 1.54) is 25.7 Å². The predicted octanol–water partition coefficient (Wildman–Crippen LogP) is 4.42. The van der Waals surface area contributed by atoms with Crippen molar-refractivity contribution in [2.75, 3.05) is 0 Å². The molecule has 0 bridgehead atoms. The molecule has 0 aromatic carbocycles. The zero-order valence-electron chi connectivity index (χ0n) is 10.6. The third-order valence-corrected chi connectivity index (χ3v) is 6.10. The molecular formula is C15H24. The Kier molecular flexibility index (Phi) is 1.79. The van der Waals surface area contributed by atoms with Crippen LogP contribution in [0.3, 0.4) is 0 Å². The minimum absolute atomic E-state index is 0.602. The zero-order valence-corrected chi connectivity index (χ0v) is 10.6. The fourth-order valence-electron chi connectivity index (χ4n) is 5.41. The molecule has 2 saturated carbocycles. The summed E-state index contributed by atoms with van der Waals surface area (Å²) in [4.78, 5) is 0. The first-order valence-corrected chi connectivity index (χ1v) is 6.65. The standard InChI is InChI=1S/C15H24/c1-10-7-8-15-11(2)5-6-13(15)14(3,4)9-12(10)15/h7,11-13H,5-6,8-9H2,1-4H3/t11-,12-,13+,15-/m0/s1. The Balaban J connectivity index is 2.08. The quantitative estimate of drug-likeness (QED) is 0.513. The molecule has 0 amide bonds. The van der Waals surface area contributed by atoms with Crippen molar-refractivity contribution in [3.05, 3.63) is 11.6 Å². The topological polar surface area (TPSA) is 0 Å². The third-order valence-electron chi connectivity index (χ3n) is 6.10. The summed E-state index contributed by atoms with van der Waals surface area (Å²) in [7, 11) is 0. The second-order valence-corrected chi connectivity index (χ2v) is 7.04. The van der Waals surface area contributed by atoms with Crippen LogP contribution >= 0.6 is 0 Å². The van der Waals surface area contributed by atoms with Gasteiger partial charge in [0.05, 0.1) is 0 Å². The van der Waals surface area contributed by atoms with Crippen LogP contribution in [-0.4, -0.2) is 0 Å². The summed E-state index contributed by atoms with van der Waals surface area (Å²) < 4.78 is 0. The van der Waals surface area contributed by atoms with E-state index in [-0.39, 0.29) is 0 Å². The third kappa shape index (κ3) is 0.990. The molecule has 0 aromatic heterocycles. The Morgan fingerprint density at radius 3 is 2.73 bits per heavy atom. The van der Waals surface area contributed by atoms with Crippen molar-refractivity contribution in [1.82, 2.24) is 0 Å². The Morgan fingerprint density at radius 1 is 1.27 bits per heavy atom. The van der Waals surface area contributed by atoms with Gasteiger partial charge in [-0.2, -0.15) is 0 Å². The highest BCUT2D eigenvalue weighted by Crippen LogP contribution is 2.71. The molecule has 0 radical (unpaired) electrons. The molecule has 2 fully saturated rings. The van der Waals surface area contributed by atoms with Crippen LogP contribution in [0.15, 0.2) is 11.6 Å². The first-order chi connectivity index (χ1) is 6.98. The molecule has 0 nitrogen and oxygen atoms in total. The summed E-state index contributed by atoms with van der Waals surface area (Å²) in [6, 6.07) is 0. The van der Waals surface area contributed by atoms with Crippen LogP contribution in [0.25, 0.3) is 0 Å². The number of rotatable bonds is 0. The monoisotopic (exact) mass is 204 g/mol. The molecule has 3 rings (SSSR count). The van der Waals surface area contributed by atoms with Gasteiger partial charge in [0.25, 0.3) is 0 Å². The van der Waals surface area contributed by atoms with Gasteiger partial charge in [0.15, 0.2) is 0 Å². The van der Waals surface area contributed by atoms with Crippen molar-refractivity contribution in [3.63, 3.8) is 0 Å². The molecule has 84 valence electrons. The van der Waals surface area contributed by atoms with Crippen LogP contribution in [-0.2, 0) is 0 Å². The Morgan fingerprint density at radius 2 is 2.00 bits per heavy atom. The minimum Gasteiger partial charge on any atom is -0.0847 e. The molecule has 0 saturated heterocycles. The van der Waals surface area contributed by atoms with Crippen molar-refractivity contribution >= 4 is 0 Å². The molecule has 3 aliphatic rings. The molecule has 15 heavy (non-hydrogen) atoms. The number of allylic oxidation sites excluding steroid dienone is 2. The Bertz CT molecular complexity index is 323. The normalized spacial score (nSPS) is 51.5. The highest BCUT2D eigenvalue weighted by Gasteiger charge is 2.64. The number of hydrogen-bond donors (Lipinski definition) is 0. The lowest BCUT2D eigenvalue weighted by Gasteiger charge is -2.37. The molecule has 1 spiro atoms. The predicted molar refractivity (Wildman–Crippen MR) is 64.6 cm³/mol. The van der Waals surface area contributed by atoms with Gasteiger partial charge in [-0.05, 0) is 61.2 Å². The average Bonchev–Trinajstić information content (AvgIpc) is 2.70. The SMILES string of the molecule is CC1=CC[C@]23[C@H](CC[C@@H]2C)C(C)(C)C[C@@H]13. The van der Waals surface area contributed by atoms with E-state index < -0.39 is 0 Å². The van der Waals surface area contributed by atoms with Gasteiger partial charge in [-0.25, -0.2) is 0 Å². The summed E-state index contributed by atoms with van der Waals surface area (Å²) in [5.74, 6) is 2.89. The molecule has 4 atom stereocenters. The first-order valence-electron chi connectivity index (χ1n) is 6.65. The Labute approximate surface area is 94.1 Å². The van der Waals surface area contributed by atoms with Gasteiger partial charge in [-0.1, -0.05) is 32.4 Å². The van der Waals surface area contributed by atoms with Crippen molar-refractivity contribution in [2.45, 2.75) is 53.4 Å². The van der Waals surface area contributed by atoms with Gasteiger partial charge < -0.3 is 0 Å². The van der Waals surface area contributed by atoms with Gasteiger partial charge in [0.1, 0.15) is 0 Å². The molecule has 0 unspecified atom stereocenters. The molecule has 0 N–H and O–H groups in total. The van der Waals surface area contributed by atoms with Crippen LogP contribution < -0.4 is 0 Å². The smallest absolute Gasteiger partial charge is 0.0136 e. The van der Waals surface area contributed by atoms with Gasteiger partial charge in [-0.3, -0.25) is 0 Å². The summed E-state index contributed by atoms with van der Waals surface area (Å²) in [6.07, 6.45) is 8.36. The largest absolute Gasteiger partial charge is 0.0847 e. The van der Waals surface area contributed by atoms with E-state index in [4.69, 9.17) is 0 Å². The van der Waals surface area contributed by atoms with Crippen molar-refractivity contribution < 1.29 is 0 Å². The lowest BCUT2D eigenvalue weighted by Crippen LogP contribution is -2.32. The van der Waals surface area contributed by atoms with Crippen molar-refractivity contribution in [2.24, 2.45) is 28.6 Å². The Hall–Kier alpha value is -0.260. The van der Waals surface area contributed by atoms with Gasteiger partial charge in [-0.15, -0.1) is 0 Å². The second-order valence-electron chi connectivity index (χ2n) is 7.04. The van der Waals surface area contributed by atoms with E-state index >= 15 is 0 Å². The fraction of sp³-hybridized carbons (Fsp3) is 0.867. The highest BCUT2D eigenvalue weighted by atomic mass is 14.7. The molecule has 0 heterocycles. The van der Waals surface area contributed by atoms with E-state index in [0.717, 1.165) is 17.8 Å².